The Balaban J connectivity index is 1.62. The maximum absolute atomic E-state index is 11.9. The van der Waals surface area contributed by atoms with E-state index in [9.17, 15) is 14.4 Å². The third-order valence-corrected chi connectivity index (χ3v) is 6.04. The number of aryl methyl sites for hydroxylation is 1. The molecule has 9 heteroatoms. The number of primary amides is 1. The van der Waals surface area contributed by atoms with Crippen LogP contribution in [0, 0.1) is 0 Å². The van der Waals surface area contributed by atoms with Gasteiger partial charge in [0.05, 0.1) is 11.7 Å². The molecular formula is C17H23N3O5S. The second-order valence-electron chi connectivity index (χ2n) is 6.63. The number of carbonyl (C=O) groups excluding carboxylic acids is 2. The van der Waals surface area contributed by atoms with Crippen LogP contribution in [0.3, 0.4) is 0 Å². The summed E-state index contributed by atoms with van der Waals surface area (Å²) < 4.78 is 5.70. The number of fused-ring (bicyclic) bond motifs is 1. The van der Waals surface area contributed by atoms with Crippen molar-refractivity contribution >= 4 is 34.5 Å². The molecule has 0 aromatic carbocycles. The van der Waals surface area contributed by atoms with Crippen molar-refractivity contribution in [3.63, 3.8) is 0 Å². The van der Waals surface area contributed by atoms with Gasteiger partial charge in [-0.25, -0.2) is 0 Å². The average Bonchev–Trinajstić information content (AvgIpc) is 3.22. The molecule has 0 spiro atoms. The monoisotopic (exact) mass is 381 g/mol. The molecule has 1 amide bonds. The molecule has 1 aromatic rings. The van der Waals surface area contributed by atoms with Crippen LogP contribution in [-0.4, -0.2) is 54.6 Å². The highest BCUT2D eigenvalue weighted by Crippen LogP contribution is 2.37. The molecule has 1 saturated heterocycles. The lowest BCUT2D eigenvalue weighted by atomic mass is 9.95. The van der Waals surface area contributed by atoms with E-state index in [1.807, 2.05) is 0 Å². The van der Waals surface area contributed by atoms with Crippen molar-refractivity contribution in [3.05, 3.63) is 16.0 Å². The fourth-order valence-electron chi connectivity index (χ4n) is 3.51. The van der Waals surface area contributed by atoms with Crippen LogP contribution in [0.5, 0.6) is 0 Å². The number of anilines is 1. The molecule has 3 rings (SSSR count). The summed E-state index contributed by atoms with van der Waals surface area (Å²) in [4.78, 5) is 35.4. The van der Waals surface area contributed by atoms with Crippen molar-refractivity contribution in [1.82, 2.24) is 5.32 Å². The van der Waals surface area contributed by atoms with Gasteiger partial charge in [0.15, 0.2) is 6.29 Å². The van der Waals surface area contributed by atoms with Crippen LogP contribution in [0.1, 0.15) is 40.1 Å². The first-order chi connectivity index (χ1) is 12.5. The summed E-state index contributed by atoms with van der Waals surface area (Å²) in [5.41, 5.74) is 7.12. The molecule has 2 heterocycles. The van der Waals surface area contributed by atoms with Gasteiger partial charge in [0.2, 0.25) is 0 Å². The number of ether oxygens (including phenoxy) is 1. The Morgan fingerprint density at radius 2 is 2.19 bits per heavy atom. The number of thiophene rings is 1. The van der Waals surface area contributed by atoms with Crippen molar-refractivity contribution < 1.29 is 24.2 Å². The summed E-state index contributed by atoms with van der Waals surface area (Å²) in [5, 5.41) is 15.7. The largest absolute Gasteiger partial charge is 0.480 e. The van der Waals surface area contributed by atoms with E-state index in [2.05, 4.69) is 10.6 Å². The summed E-state index contributed by atoms with van der Waals surface area (Å²) in [6, 6.07) is -0.647. The lowest BCUT2D eigenvalue weighted by Crippen LogP contribution is -2.31. The first kappa shape index (κ1) is 18.8. The van der Waals surface area contributed by atoms with E-state index < -0.39 is 24.0 Å². The molecule has 3 atom stereocenters. The van der Waals surface area contributed by atoms with E-state index >= 15 is 0 Å². The molecule has 1 aliphatic heterocycles. The number of carboxylic acid groups (broad SMARTS) is 1. The summed E-state index contributed by atoms with van der Waals surface area (Å²) in [6.45, 7) is 0.596. The van der Waals surface area contributed by atoms with Gasteiger partial charge in [-0.15, -0.1) is 11.3 Å². The number of amides is 1. The van der Waals surface area contributed by atoms with Gasteiger partial charge in [0.1, 0.15) is 17.1 Å². The number of nitrogens with one attached hydrogen (secondary N) is 2. The third-order valence-electron chi connectivity index (χ3n) is 4.79. The van der Waals surface area contributed by atoms with Crippen molar-refractivity contribution in [2.24, 2.45) is 5.73 Å². The SMILES string of the molecule is NC(=O)c1c(NCC(C=O)OC2CNC(C(=O)O)C2)sc2c1CCCC2. The predicted molar refractivity (Wildman–Crippen MR) is 96.7 cm³/mol. The second kappa shape index (κ2) is 8.15. The minimum Gasteiger partial charge on any atom is -0.480 e. The lowest BCUT2D eigenvalue weighted by molar-refractivity contribution is -0.139. The number of carboxylic acids is 1. The molecule has 2 aliphatic rings. The first-order valence-corrected chi connectivity index (χ1v) is 9.56. The van der Waals surface area contributed by atoms with E-state index in [-0.39, 0.29) is 12.6 Å². The van der Waals surface area contributed by atoms with Crippen LogP contribution in [0.15, 0.2) is 0 Å². The zero-order chi connectivity index (χ0) is 18.7. The highest BCUT2D eigenvalue weighted by molar-refractivity contribution is 7.16. The lowest BCUT2D eigenvalue weighted by Gasteiger charge is -2.18. The molecule has 26 heavy (non-hydrogen) atoms. The quantitative estimate of drug-likeness (QED) is 0.483. The highest BCUT2D eigenvalue weighted by Gasteiger charge is 2.31. The summed E-state index contributed by atoms with van der Waals surface area (Å²) in [5.74, 6) is -1.38. The van der Waals surface area contributed by atoms with Gasteiger partial charge in [-0.1, -0.05) is 0 Å². The van der Waals surface area contributed by atoms with Gasteiger partial charge < -0.3 is 31.0 Å². The van der Waals surface area contributed by atoms with Gasteiger partial charge in [-0.05, 0) is 31.2 Å². The molecule has 5 N–H and O–H groups in total. The maximum atomic E-state index is 11.9. The topological polar surface area (TPSA) is 131 Å². The fraction of sp³-hybridized carbons (Fsp3) is 0.588. The maximum Gasteiger partial charge on any atom is 0.320 e. The average molecular weight is 381 g/mol. The Hall–Kier alpha value is -1.97. The van der Waals surface area contributed by atoms with Crippen molar-refractivity contribution in [3.8, 4) is 0 Å². The van der Waals surface area contributed by atoms with E-state index in [1.165, 1.54) is 16.2 Å². The van der Waals surface area contributed by atoms with Crippen molar-refractivity contribution in [1.29, 1.82) is 0 Å². The number of hydrogen-bond acceptors (Lipinski definition) is 7. The zero-order valence-electron chi connectivity index (χ0n) is 14.3. The van der Waals surface area contributed by atoms with Gasteiger partial charge in [0, 0.05) is 24.4 Å². The normalized spacial score (nSPS) is 23.2. The van der Waals surface area contributed by atoms with Crippen LogP contribution in [-0.2, 0) is 27.2 Å². The zero-order valence-corrected chi connectivity index (χ0v) is 15.1. The van der Waals surface area contributed by atoms with Crippen LogP contribution < -0.4 is 16.4 Å². The summed E-state index contributed by atoms with van der Waals surface area (Å²) in [6.07, 6.45) is 3.89. The van der Waals surface area contributed by atoms with Gasteiger partial charge in [0.25, 0.3) is 5.91 Å². The standard InChI is InChI=1S/C17H23N3O5S/c18-15(22)14-11-3-1-2-4-13(11)26-16(14)20-7-10(8-21)25-9-5-12(17(23)24)19-6-9/h8-10,12,19-20H,1-7H2,(H2,18,22)(H,23,24). The Kier molecular flexibility index (Phi) is 5.90. The number of rotatable bonds is 8. The number of carbonyl (C=O) groups is 3. The van der Waals surface area contributed by atoms with Crippen molar-refractivity contribution in [2.45, 2.75) is 50.4 Å². The van der Waals surface area contributed by atoms with Crippen LogP contribution in [0.4, 0.5) is 5.00 Å². The number of hydrogen-bond donors (Lipinski definition) is 4. The van der Waals surface area contributed by atoms with E-state index in [0.717, 1.165) is 31.2 Å². The van der Waals surface area contributed by atoms with Gasteiger partial charge in [-0.2, -0.15) is 0 Å². The van der Waals surface area contributed by atoms with Gasteiger partial charge >= 0.3 is 5.97 Å². The molecule has 0 saturated carbocycles. The van der Waals surface area contributed by atoms with E-state index in [4.69, 9.17) is 15.6 Å². The molecule has 0 bridgehead atoms. The molecule has 1 aliphatic carbocycles. The minimum atomic E-state index is -0.924. The first-order valence-electron chi connectivity index (χ1n) is 8.74. The third kappa shape index (κ3) is 4.05. The molecule has 0 radical (unpaired) electrons. The van der Waals surface area contributed by atoms with Crippen LogP contribution in [0.25, 0.3) is 0 Å². The van der Waals surface area contributed by atoms with Crippen LogP contribution >= 0.6 is 11.3 Å². The molecular weight excluding hydrogens is 358 g/mol. The molecule has 1 fully saturated rings. The fourth-order valence-corrected chi connectivity index (χ4v) is 4.82. The predicted octanol–water partition coefficient (Wildman–Crippen LogP) is 0.537. The number of aliphatic carboxylic acids is 1. The Labute approximate surface area is 155 Å². The summed E-state index contributed by atoms with van der Waals surface area (Å²) in [7, 11) is 0. The number of nitrogens with two attached hydrogens (primary N) is 1. The molecule has 142 valence electrons. The summed E-state index contributed by atoms with van der Waals surface area (Å²) >= 11 is 1.52. The van der Waals surface area contributed by atoms with Crippen LogP contribution in [0.2, 0.25) is 0 Å². The molecule has 3 unspecified atom stereocenters. The van der Waals surface area contributed by atoms with E-state index in [0.29, 0.717) is 29.8 Å². The Morgan fingerprint density at radius 3 is 2.85 bits per heavy atom. The Morgan fingerprint density at radius 1 is 1.42 bits per heavy atom. The van der Waals surface area contributed by atoms with E-state index in [1.54, 1.807) is 0 Å². The minimum absolute atomic E-state index is 0.206. The smallest absolute Gasteiger partial charge is 0.320 e. The molecule has 8 nitrogen and oxygen atoms in total. The number of aldehydes is 1. The highest BCUT2D eigenvalue weighted by atomic mass is 32.1. The Bertz CT molecular complexity index is 705. The second-order valence-corrected chi connectivity index (χ2v) is 7.73. The van der Waals surface area contributed by atoms with Crippen molar-refractivity contribution in [2.75, 3.05) is 18.4 Å². The molecule has 1 aromatic heterocycles. The van der Waals surface area contributed by atoms with Gasteiger partial charge in [-0.3, -0.25) is 9.59 Å².